The summed E-state index contributed by atoms with van der Waals surface area (Å²) in [7, 11) is 0. The molecule has 0 bridgehead atoms. The molecule has 0 radical (unpaired) electrons. The van der Waals surface area contributed by atoms with E-state index in [4.69, 9.17) is 0 Å². The minimum absolute atomic E-state index is 0.0331. The van der Waals surface area contributed by atoms with Gasteiger partial charge in [0.05, 0.1) is 12.2 Å². The molecule has 0 aliphatic carbocycles. The first-order valence-electron chi connectivity index (χ1n) is 8.52. The summed E-state index contributed by atoms with van der Waals surface area (Å²) in [5, 5.41) is 2.21. The summed E-state index contributed by atoms with van der Waals surface area (Å²) in [6, 6.07) is 6.05. The smallest absolute Gasteiger partial charge is 0.329 e. The summed E-state index contributed by atoms with van der Waals surface area (Å²) in [6.07, 6.45) is 0.456. The first kappa shape index (κ1) is 17.0. The van der Waals surface area contributed by atoms with Crippen LogP contribution in [-0.2, 0) is 17.8 Å². The third-order valence-corrected chi connectivity index (χ3v) is 4.70. The van der Waals surface area contributed by atoms with Gasteiger partial charge in [-0.3, -0.25) is 24.6 Å². The zero-order valence-corrected chi connectivity index (χ0v) is 14.6. The number of aryl methyl sites for hydroxylation is 1. The Bertz CT molecular complexity index is 1010. The van der Waals surface area contributed by atoms with Crippen LogP contribution in [0.3, 0.4) is 0 Å². The van der Waals surface area contributed by atoms with E-state index < -0.39 is 6.03 Å². The number of fused-ring (bicyclic) bond motifs is 1. The molecule has 1 aromatic carbocycles. The number of H-pyrrole nitrogens is 1. The number of nitrogens with zero attached hydrogens (tertiary/aromatic N) is 3. The Balaban J connectivity index is 1.52. The number of urea groups is 1. The molecule has 9 heteroatoms. The maximum Gasteiger partial charge on any atom is 0.329 e. The van der Waals surface area contributed by atoms with Crippen LogP contribution in [0.15, 0.2) is 29.1 Å². The van der Waals surface area contributed by atoms with Crippen molar-refractivity contribution in [2.75, 3.05) is 18.0 Å². The Morgan fingerprint density at radius 1 is 1.11 bits per heavy atom. The van der Waals surface area contributed by atoms with Crippen molar-refractivity contribution in [1.82, 2.24) is 20.2 Å². The van der Waals surface area contributed by atoms with E-state index in [-0.39, 0.29) is 30.5 Å². The monoisotopic (exact) mass is 367 g/mol. The molecule has 138 valence electrons. The molecule has 2 aliphatic heterocycles. The number of carbonyl (C=O) groups is 3. The average molecular weight is 367 g/mol. The molecule has 1 aromatic heterocycles. The van der Waals surface area contributed by atoms with E-state index in [1.807, 2.05) is 0 Å². The van der Waals surface area contributed by atoms with Crippen molar-refractivity contribution >= 4 is 23.5 Å². The van der Waals surface area contributed by atoms with E-state index in [1.165, 1.54) is 4.90 Å². The number of aromatic nitrogens is 2. The molecule has 4 amide bonds. The molecule has 3 heterocycles. The van der Waals surface area contributed by atoms with Gasteiger partial charge < -0.3 is 9.88 Å². The van der Waals surface area contributed by atoms with E-state index in [0.717, 1.165) is 0 Å². The molecule has 2 N–H and O–H groups in total. The Morgan fingerprint density at radius 2 is 1.85 bits per heavy atom. The number of benzene rings is 1. The van der Waals surface area contributed by atoms with Crippen LogP contribution in [0.5, 0.6) is 0 Å². The van der Waals surface area contributed by atoms with E-state index in [0.29, 0.717) is 41.3 Å². The molecule has 0 unspecified atom stereocenters. The van der Waals surface area contributed by atoms with Gasteiger partial charge in [-0.05, 0) is 37.6 Å². The van der Waals surface area contributed by atoms with Gasteiger partial charge in [0.15, 0.2) is 0 Å². The summed E-state index contributed by atoms with van der Waals surface area (Å²) < 4.78 is 0. The largest absolute Gasteiger partial charge is 0.332 e. The van der Waals surface area contributed by atoms with Gasteiger partial charge in [0.25, 0.3) is 11.5 Å². The second kappa shape index (κ2) is 6.35. The maximum atomic E-state index is 12.8. The molecule has 0 spiro atoms. The van der Waals surface area contributed by atoms with E-state index >= 15 is 0 Å². The van der Waals surface area contributed by atoms with Gasteiger partial charge in [0.2, 0.25) is 5.91 Å². The number of carbonyl (C=O) groups excluding carboxylic acids is 3. The Labute approximate surface area is 154 Å². The number of hydrogen-bond acceptors (Lipinski definition) is 5. The normalized spacial score (nSPS) is 16.3. The highest BCUT2D eigenvalue weighted by Crippen LogP contribution is 2.20. The van der Waals surface area contributed by atoms with Gasteiger partial charge in [-0.1, -0.05) is 0 Å². The van der Waals surface area contributed by atoms with Crippen LogP contribution in [-0.4, -0.2) is 45.8 Å². The van der Waals surface area contributed by atoms with Crippen LogP contribution in [0, 0.1) is 6.92 Å². The fourth-order valence-electron chi connectivity index (χ4n) is 3.35. The van der Waals surface area contributed by atoms with Gasteiger partial charge in [-0.15, -0.1) is 0 Å². The highest BCUT2D eigenvalue weighted by atomic mass is 16.2. The molecule has 2 aliphatic rings. The van der Waals surface area contributed by atoms with Crippen LogP contribution in [0.4, 0.5) is 10.5 Å². The van der Waals surface area contributed by atoms with Crippen LogP contribution in [0.1, 0.15) is 27.4 Å². The third-order valence-electron chi connectivity index (χ3n) is 4.70. The van der Waals surface area contributed by atoms with E-state index in [2.05, 4.69) is 15.3 Å². The molecule has 9 nitrogen and oxygen atoms in total. The van der Waals surface area contributed by atoms with Crippen molar-refractivity contribution in [2.45, 2.75) is 19.9 Å². The second-order valence-corrected chi connectivity index (χ2v) is 6.54. The lowest BCUT2D eigenvalue weighted by atomic mass is 10.0. The highest BCUT2D eigenvalue weighted by Gasteiger charge is 2.29. The van der Waals surface area contributed by atoms with Gasteiger partial charge in [-0.2, -0.15) is 0 Å². The topological polar surface area (TPSA) is 115 Å². The lowest BCUT2D eigenvalue weighted by molar-refractivity contribution is -0.117. The highest BCUT2D eigenvalue weighted by molar-refractivity contribution is 6.12. The Hall–Kier alpha value is -3.49. The van der Waals surface area contributed by atoms with E-state index in [1.54, 1.807) is 36.1 Å². The second-order valence-electron chi connectivity index (χ2n) is 6.54. The Kier molecular flexibility index (Phi) is 3.98. The predicted molar refractivity (Wildman–Crippen MR) is 95.4 cm³/mol. The van der Waals surface area contributed by atoms with Gasteiger partial charge in [0, 0.05) is 23.4 Å². The number of nitrogens with one attached hydrogen (secondary N) is 2. The van der Waals surface area contributed by atoms with Crippen LogP contribution in [0.25, 0.3) is 0 Å². The molecule has 1 saturated heterocycles. The molecule has 4 rings (SSSR count). The quantitative estimate of drug-likeness (QED) is 0.743. The van der Waals surface area contributed by atoms with Gasteiger partial charge >= 0.3 is 6.03 Å². The number of hydrogen-bond donors (Lipinski definition) is 2. The number of aromatic amines is 1. The van der Waals surface area contributed by atoms with Crippen molar-refractivity contribution in [3.05, 3.63) is 57.3 Å². The fraction of sp³-hybridized carbons (Fsp3) is 0.278. The molecular weight excluding hydrogens is 350 g/mol. The summed E-state index contributed by atoms with van der Waals surface area (Å²) in [4.78, 5) is 57.8. The fourth-order valence-corrected chi connectivity index (χ4v) is 3.35. The molecule has 1 fully saturated rings. The maximum absolute atomic E-state index is 12.8. The molecule has 2 aromatic rings. The predicted octanol–water partition coefficient (Wildman–Crippen LogP) is 0.333. The summed E-state index contributed by atoms with van der Waals surface area (Å²) in [6.45, 7) is 2.39. The third kappa shape index (κ3) is 3.07. The number of anilines is 1. The summed E-state index contributed by atoms with van der Waals surface area (Å²) in [5.74, 6) is -0.00496. The van der Waals surface area contributed by atoms with Crippen LogP contribution in [0.2, 0.25) is 0 Å². The van der Waals surface area contributed by atoms with Gasteiger partial charge in [-0.25, -0.2) is 9.78 Å². The number of rotatable bonds is 2. The van der Waals surface area contributed by atoms with Crippen molar-refractivity contribution in [1.29, 1.82) is 0 Å². The van der Waals surface area contributed by atoms with Crippen molar-refractivity contribution in [2.24, 2.45) is 0 Å². The summed E-state index contributed by atoms with van der Waals surface area (Å²) in [5.41, 5.74) is 2.12. The van der Waals surface area contributed by atoms with Crippen LogP contribution >= 0.6 is 0 Å². The first-order valence-corrected chi connectivity index (χ1v) is 8.52. The minimum atomic E-state index is -0.474. The number of amides is 4. The van der Waals surface area contributed by atoms with Crippen molar-refractivity contribution in [3.63, 3.8) is 0 Å². The lowest BCUT2D eigenvalue weighted by Crippen LogP contribution is -2.39. The molecule has 0 saturated carbocycles. The zero-order valence-electron chi connectivity index (χ0n) is 14.6. The molecule has 27 heavy (non-hydrogen) atoms. The van der Waals surface area contributed by atoms with Gasteiger partial charge in [0.1, 0.15) is 12.4 Å². The van der Waals surface area contributed by atoms with Crippen molar-refractivity contribution in [3.8, 4) is 0 Å². The SMILES string of the molecule is Cc1nc2c(c(=O)[nH]1)CCN(C(=O)c1ccc(N3CC(=O)NC3=O)cc1)C2. The Morgan fingerprint density at radius 3 is 2.52 bits per heavy atom. The minimum Gasteiger partial charge on any atom is -0.332 e. The molecular formula is C18H17N5O4. The standard InChI is InChI=1S/C18H17N5O4/c1-10-19-14-8-22(7-6-13(14)16(25)20-10)17(26)11-2-4-12(5-3-11)23-9-15(24)21-18(23)27/h2-5H,6-9H2,1H3,(H,19,20,25)(H,21,24,27). The lowest BCUT2D eigenvalue weighted by Gasteiger charge is -2.28. The number of imide groups is 1. The summed E-state index contributed by atoms with van der Waals surface area (Å²) >= 11 is 0. The molecule has 0 atom stereocenters. The average Bonchev–Trinajstić information content (AvgIpc) is 2.98. The van der Waals surface area contributed by atoms with Crippen molar-refractivity contribution < 1.29 is 14.4 Å². The van der Waals surface area contributed by atoms with Crippen LogP contribution < -0.4 is 15.8 Å². The first-order chi connectivity index (χ1) is 12.9. The van der Waals surface area contributed by atoms with E-state index in [9.17, 15) is 19.2 Å². The zero-order chi connectivity index (χ0) is 19.1.